The Kier molecular flexibility index (Phi) is 39.6. The summed E-state index contributed by atoms with van der Waals surface area (Å²) in [5.74, 6) is -0.939. The molecule has 0 saturated carbocycles. The Morgan fingerprint density at radius 3 is 1.42 bits per heavy atom. The lowest BCUT2D eigenvalue weighted by Gasteiger charge is -2.28. The van der Waals surface area contributed by atoms with Crippen LogP contribution in [0.1, 0.15) is 168 Å². The molecular weight excluding hydrogens is 774 g/mol. The number of nitrogens with zero attached hydrogens (tertiary/aromatic N) is 1. The number of hydrogen-bond acceptors (Lipinski definition) is 8. The molecule has 0 aliphatic rings. The number of ether oxygens (including phenoxy) is 2. The predicted molar refractivity (Wildman–Crippen MR) is 249 cm³/mol. The van der Waals surface area contributed by atoms with Gasteiger partial charge in [-0.3, -0.25) is 14.2 Å². The molecule has 0 fully saturated rings. The number of allylic oxidation sites excluding steroid dienone is 14. The van der Waals surface area contributed by atoms with E-state index in [4.69, 9.17) is 18.5 Å². The van der Waals surface area contributed by atoms with Gasteiger partial charge >= 0.3 is 11.9 Å². The van der Waals surface area contributed by atoms with E-state index < -0.39 is 32.5 Å². The van der Waals surface area contributed by atoms with Gasteiger partial charge in [0.05, 0.1) is 27.7 Å². The largest absolute Gasteiger partial charge is 0.756 e. The minimum atomic E-state index is -4.65. The average molecular weight is 860 g/mol. The second-order valence-corrected chi connectivity index (χ2v) is 17.8. The molecule has 0 radical (unpaired) electrons. The zero-order chi connectivity index (χ0) is 44.3. The Morgan fingerprint density at radius 2 is 0.917 bits per heavy atom. The van der Waals surface area contributed by atoms with Crippen LogP contribution < -0.4 is 4.89 Å². The second-order valence-electron chi connectivity index (χ2n) is 16.4. The van der Waals surface area contributed by atoms with Crippen molar-refractivity contribution in [3.63, 3.8) is 0 Å². The number of unbranched alkanes of at least 4 members (excludes halogenated alkanes) is 13. The topological polar surface area (TPSA) is 111 Å². The van der Waals surface area contributed by atoms with Gasteiger partial charge in [-0.05, 0) is 89.9 Å². The Bertz CT molecular complexity index is 1290. The molecule has 0 N–H and O–H groups in total. The maximum Gasteiger partial charge on any atom is 0.306 e. The molecule has 0 aliphatic carbocycles. The fraction of sp³-hybridized carbons (Fsp3) is 0.680. The highest BCUT2D eigenvalue weighted by molar-refractivity contribution is 7.45. The van der Waals surface area contributed by atoms with Crippen molar-refractivity contribution in [3.05, 3.63) is 85.1 Å². The van der Waals surface area contributed by atoms with Crippen LogP contribution in [-0.4, -0.2) is 70.0 Å². The molecule has 0 rings (SSSR count). The summed E-state index contributed by atoms with van der Waals surface area (Å²) in [6.07, 6.45) is 53.3. The van der Waals surface area contributed by atoms with Gasteiger partial charge in [-0.1, -0.05) is 150 Å². The van der Waals surface area contributed by atoms with Gasteiger partial charge in [-0.15, -0.1) is 0 Å². The number of phosphoric ester groups is 1. The van der Waals surface area contributed by atoms with Crippen molar-refractivity contribution in [3.8, 4) is 0 Å². The fourth-order valence-electron chi connectivity index (χ4n) is 5.71. The van der Waals surface area contributed by atoms with E-state index in [-0.39, 0.29) is 26.1 Å². The third kappa shape index (κ3) is 44.7. The van der Waals surface area contributed by atoms with E-state index in [9.17, 15) is 19.0 Å². The summed E-state index contributed by atoms with van der Waals surface area (Å²) in [6.45, 7) is 4.08. The second kappa shape index (κ2) is 41.5. The minimum absolute atomic E-state index is 0.0494. The van der Waals surface area contributed by atoms with Gasteiger partial charge in [0.15, 0.2) is 6.10 Å². The van der Waals surface area contributed by atoms with Crippen molar-refractivity contribution < 1.29 is 42.1 Å². The summed E-state index contributed by atoms with van der Waals surface area (Å²) in [7, 11) is 1.10. The third-order valence-corrected chi connectivity index (χ3v) is 10.4. The van der Waals surface area contributed by atoms with Crippen molar-refractivity contribution in [2.24, 2.45) is 0 Å². The highest BCUT2D eigenvalue weighted by Crippen LogP contribution is 2.38. The van der Waals surface area contributed by atoms with Gasteiger partial charge in [0, 0.05) is 12.8 Å². The highest BCUT2D eigenvalue weighted by atomic mass is 31.2. The molecule has 0 aromatic carbocycles. The van der Waals surface area contributed by atoms with Crippen LogP contribution in [0.25, 0.3) is 0 Å². The van der Waals surface area contributed by atoms with E-state index in [1.54, 1.807) is 0 Å². The quantitative estimate of drug-likeness (QED) is 0.0196. The Labute approximate surface area is 367 Å². The molecule has 1 unspecified atom stereocenters. The number of carbonyl (C=O) groups excluding carboxylic acids is 2. The SMILES string of the molecule is CCCCC/C=C\C/C=C\C/C=C\C/C=C\CCCCCC(=O)O[C@H](COC(=O)CCC/C=C\C/C=C\C/C=C\CCCCCCCC)COP(=O)([O-])OCC[N+](C)(C)C. The van der Waals surface area contributed by atoms with E-state index in [2.05, 4.69) is 98.9 Å². The van der Waals surface area contributed by atoms with E-state index in [1.807, 2.05) is 21.1 Å². The first-order chi connectivity index (χ1) is 29.0. The molecule has 0 aliphatic heterocycles. The summed E-state index contributed by atoms with van der Waals surface area (Å²) in [5.41, 5.74) is 0. The number of phosphoric acid groups is 1. The monoisotopic (exact) mass is 860 g/mol. The van der Waals surface area contributed by atoms with Crippen molar-refractivity contribution in [2.75, 3.05) is 47.5 Å². The summed E-state index contributed by atoms with van der Waals surface area (Å²) in [4.78, 5) is 37.6. The number of carbonyl (C=O) groups is 2. The van der Waals surface area contributed by atoms with E-state index in [0.29, 0.717) is 23.9 Å². The van der Waals surface area contributed by atoms with Crippen molar-refractivity contribution in [1.29, 1.82) is 0 Å². The Hall–Kier alpha value is -2.81. The first-order valence-corrected chi connectivity index (χ1v) is 24.8. The molecule has 0 aromatic rings. The molecule has 9 nitrogen and oxygen atoms in total. The predicted octanol–water partition coefficient (Wildman–Crippen LogP) is 12.9. The number of quaternary nitrogens is 1. The maximum absolute atomic E-state index is 12.7. The van der Waals surface area contributed by atoms with Crippen LogP contribution in [0.5, 0.6) is 0 Å². The maximum atomic E-state index is 12.7. The molecule has 344 valence electrons. The lowest BCUT2D eigenvalue weighted by atomic mass is 10.1. The van der Waals surface area contributed by atoms with Gasteiger partial charge in [-0.2, -0.15) is 0 Å². The highest BCUT2D eigenvalue weighted by Gasteiger charge is 2.21. The van der Waals surface area contributed by atoms with Crippen LogP contribution in [0.15, 0.2) is 85.1 Å². The molecule has 0 aromatic heterocycles. The Balaban J connectivity index is 4.50. The number of rotatable bonds is 41. The van der Waals surface area contributed by atoms with Gasteiger partial charge < -0.3 is 27.9 Å². The van der Waals surface area contributed by atoms with Gasteiger partial charge in [0.25, 0.3) is 7.82 Å². The van der Waals surface area contributed by atoms with Crippen LogP contribution in [0.4, 0.5) is 0 Å². The molecule has 0 amide bonds. The van der Waals surface area contributed by atoms with E-state index in [0.717, 1.165) is 64.2 Å². The van der Waals surface area contributed by atoms with Crippen molar-refractivity contribution >= 4 is 19.8 Å². The summed E-state index contributed by atoms with van der Waals surface area (Å²) < 4.78 is 33.8. The third-order valence-electron chi connectivity index (χ3n) is 9.39. The zero-order valence-electron chi connectivity index (χ0n) is 38.6. The van der Waals surface area contributed by atoms with Crippen LogP contribution in [0, 0.1) is 0 Å². The first-order valence-electron chi connectivity index (χ1n) is 23.3. The first kappa shape index (κ1) is 57.2. The smallest absolute Gasteiger partial charge is 0.306 e. The van der Waals surface area contributed by atoms with Crippen molar-refractivity contribution in [2.45, 2.75) is 174 Å². The standard InChI is InChI=1S/C50H86NO8P/c1-6-8-10-12-14-16-18-20-22-24-25-27-29-31-33-35-37-39-41-43-50(53)59-48(47-58-60(54,55)57-45-44-51(3,4)5)46-56-49(52)42-40-38-36-34-32-30-28-26-23-21-19-17-15-13-11-9-7-2/h14,16,20-23,25,27-28,30-31,33-34,36,48H,6-13,15,17-19,24,26,29,32,35,37-47H2,1-5H3/b16-14-,22-20-,23-21-,27-25-,30-28-,33-31-,36-34-/t48-/m1/s1. The number of hydrogen-bond donors (Lipinski definition) is 0. The van der Waals surface area contributed by atoms with Crippen LogP contribution >= 0.6 is 7.82 Å². The van der Waals surface area contributed by atoms with Crippen LogP contribution in [-0.2, 0) is 32.7 Å². The molecule has 0 heterocycles. The number of likely N-dealkylation sites (N-methyl/N-ethyl adjacent to an activating group) is 1. The average Bonchev–Trinajstić information content (AvgIpc) is 3.20. The summed E-state index contributed by atoms with van der Waals surface area (Å²) in [6, 6.07) is 0. The zero-order valence-corrected chi connectivity index (χ0v) is 39.5. The molecule has 60 heavy (non-hydrogen) atoms. The number of esters is 2. The van der Waals surface area contributed by atoms with E-state index >= 15 is 0 Å². The van der Waals surface area contributed by atoms with Gasteiger partial charge in [0.1, 0.15) is 19.8 Å². The minimum Gasteiger partial charge on any atom is -0.756 e. The molecule has 0 bridgehead atoms. The van der Waals surface area contributed by atoms with Crippen LogP contribution in [0.2, 0.25) is 0 Å². The summed E-state index contributed by atoms with van der Waals surface area (Å²) >= 11 is 0. The van der Waals surface area contributed by atoms with Crippen LogP contribution in [0.3, 0.4) is 0 Å². The molecular formula is C50H86NO8P. The lowest BCUT2D eigenvalue weighted by Crippen LogP contribution is -2.37. The molecule has 10 heteroatoms. The van der Waals surface area contributed by atoms with Gasteiger partial charge in [0.2, 0.25) is 0 Å². The fourth-order valence-corrected chi connectivity index (χ4v) is 6.44. The van der Waals surface area contributed by atoms with Gasteiger partial charge in [-0.25, -0.2) is 0 Å². The van der Waals surface area contributed by atoms with E-state index in [1.165, 1.54) is 64.2 Å². The molecule has 2 atom stereocenters. The molecule has 0 saturated heterocycles. The Morgan fingerprint density at radius 1 is 0.517 bits per heavy atom. The normalized spacial score (nSPS) is 14.3. The summed E-state index contributed by atoms with van der Waals surface area (Å²) in [5, 5.41) is 0. The lowest BCUT2D eigenvalue weighted by molar-refractivity contribution is -0.870. The molecule has 0 spiro atoms. The van der Waals surface area contributed by atoms with Crippen molar-refractivity contribution in [1.82, 2.24) is 0 Å².